The molecule has 0 fully saturated rings. The van der Waals surface area contributed by atoms with Crippen molar-refractivity contribution < 1.29 is 4.79 Å². The second-order valence-corrected chi connectivity index (χ2v) is 7.32. The molecule has 0 saturated heterocycles. The number of nitrogens with one attached hydrogen (secondary N) is 1. The van der Waals surface area contributed by atoms with Gasteiger partial charge < -0.3 is 9.88 Å². The number of amides is 1. The number of hydrogen-bond acceptors (Lipinski definition) is 1. The molecule has 4 rings (SSSR count). The molecule has 0 radical (unpaired) electrons. The Hall–Kier alpha value is -2.55. The summed E-state index contributed by atoms with van der Waals surface area (Å²) >= 11 is 0. The van der Waals surface area contributed by atoms with Crippen LogP contribution in [0.2, 0.25) is 0 Å². The van der Waals surface area contributed by atoms with Crippen molar-refractivity contribution in [1.29, 1.82) is 0 Å². The summed E-state index contributed by atoms with van der Waals surface area (Å²) in [6.07, 6.45) is 0.903. The molecule has 128 valence electrons. The quantitative estimate of drug-likeness (QED) is 0.714. The Bertz CT molecular complexity index is 938. The highest BCUT2D eigenvalue weighted by molar-refractivity contribution is 5.96. The number of H-pyrrole nitrogens is 1. The fourth-order valence-corrected chi connectivity index (χ4v) is 4.16. The lowest BCUT2D eigenvalue weighted by Crippen LogP contribution is -2.42. The normalized spacial score (nSPS) is 17.1. The molecule has 3 aromatic rings. The Morgan fingerprint density at radius 1 is 1.12 bits per heavy atom. The van der Waals surface area contributed by atoms with Gasteiger partial charge in [-0.05, 0) is 42.5 Å². The molecule has 0 unspecified atom stereocenters. The Morgan fingerprint density at radius 3 is 2.60 bits per heavy atom. The second kappa shape index (κ2) is 6.07. The number of rotatable bonds is 2. The van der Waals surface area contributed by atoms with Gasteiger partial charge in [0.15, 0.2) is 0 Å². The zero-order valence-electron chi connectivity index (χ0n) is 15.0. The molecule has 1 amide bonds. The molecule has 1 aromatic heterocycles. The molecule has 0 saturated carbocycles. The Kier molecular flexibility index (Phi) is 3.87. The number of benzene rings is 2. The highest BCUT2D eigenvalue weighted by Crippen LogP contribution is 2.39. The van der Waals surface area contributed by atoms with Crippen LogP contribution in [0.4, 0.5) is 0 Å². The monoisotopic (exact) mass is 332 g/mol. The summed E-state index contributed by atoms with van der Waals surface area (Å²) in [7, 11) is 0. The Balaban J connectivity index is 1.80. The van der Waals surface area contributed by atoms with Crippen molar-refractivity contribution in [1.82, 2.24) is 9.88 Å². The van der Waals surface area contributed by atoms with Crippen LogP contribution in [0, 0.1) is 12.8 Å². The number of aryl methyl sites for hydroxylation is 1. The van der Waals surface area contributed by atoms with Crippen molar-refractivity contribution in [2.24, 2.45) is 5.92 Å². The first-order valence-corrected chi connectivity index (χ1v) is 9.04. The third-order valence-corrected chi connectivity index (χ3v) is 5.35. The van der Waals surface area contributed by atoms with Gasteiger partial charge in [0, 0.05) is 28.7 Å². The highest BCUT2D eigenvalue weighted by Gasteiger charge is 2.35. The van der Waals surface area contributed by atoms with Crippen LogP contribution in [0.1, 0.15) is 47.1 Å². The second-order valence-electron chi connectivity index (χ2n) is 7.32. The summed E-state index contributed by atoms with van der Waals surface area (Å²) in [5, 5.41) is 1.30. The van der Waals surface area contributed by atoms with Gasteiger partial charge in [0.1, 0.15) is 0 Å². The number of carbonyl (C=O) groups is 1. The SMILES string of the molecule is Cc1ccccc1C(=O)N1CCc2c([nH]c3ccccc23)[C@H]1C(C)C. The standard InChI is InChI=1S/C22H24N2O/c1-14(2)21-20-18(17-10-6-7-11-19(17)23-20)12-13-24(21)22(25)16-9-5-4-8-15(16)3/h4-11,14,21,23H,12-13H2,1-3H3/t21-/m1/s1. The van der Waals surface area contributed by atoms with Crippen molar-refractivity contribution in [3.63, 3.8) is 0 Å². The van der Waals surface area contributed by atoms with E-state index in [2.05, 4.69) is 48.0 Å². The highest BCUT2D eigenvalue weighted by atomic mass is 16.2. The first-order valence-electron chi connectivity index (χ1n) is 9.04. The first-order chi connectivity index (χ1) is 12.1. The molecule has 1 atom stereocenters. The molecule has 1 aliphatic heterocycles. The van der Waals surface area contributed by atoms with E-state index in [-0.39, 0.29) is 11.9 Å². The van der Waals surface area contributed by atoms with Gasteiger partial charge in [-0.15, -0.1) is 0 Å². The first kappa shape index (κ1) is 15.9. The topological polar surface area (TPSA) is 36.1 Å². The molecule has 0 aliphatic carbocycles. The van der Waals surface area contributed by atoms with Crippen molar-refractivity contribution in [3.8, 4) is 0 Å². The van der Waals surface area contributed by atoms with Crippen LogP contribution in [-0.4, -0.2) is 22.3 Å². The van der Waals surface area contributed by atoms with E-state index in [0.717, 1.165) is 24.1 Å². The van der Waals surface area contributed by atoms with Gasteiger partial charge in [-0.1, -0.05) is 50.2 Å². The number of aromatic nitrogens is 1. The molecule has 3 heteroatoms. The van der Waals surface area contributed by atoms with Crippen LogP contribution in [-0.2, 0) is 6.42 Å². The third-order valence-electron chi connectivity index (χ3n) is 5.35. The van der Waals surface area contributed by atoms with E-state index in [1.165, 1.54) is 22.2 Å². The smallest absolute Gasteiger partial charge is 0.254 e. The van der Waals surface area contributed by atoms with Crippen LogP contribution in [0.25, 0.3) is 10.9 Å². The predicted octanol–water partition coefficient (Wildman–Crippen LogP) is 4.87. The van der Waals surface area contributed by atoms with Gasteiger partial charge in [-0.25, -0.2) is 0 Å². The van der Waals surface area contributed by atoms with Crippen LogP contribution >= 0.6 is 0 Å². The summed E-state index contributed by atoms with van der Waals surface area (Å²) < 4.78 is 0. The van der Waals surface area contributed by atoms with E-state index in [1.807, 2.05) is 31.2 Å². The predicted molar refractivity (Wildman–Crippen MR) is 102 cm³/mol. The number of carbonyl (C=O) groups excluding carboxylic acids is 1. The van der Waals surface area contributed by atoms with E-state index in [1.54, 1.807) is 0 Å². The van der Waals surface area contributed by atoms with E-state index in [9.17, 15) is 4.79 Å². The molecular weight excluding hydrogens is 308 g/mol. The fourth-order valence-electron chi connectivity index (χ4n) is 4.16. The minimum Gasteiger partial charge on any atom is -0.356 e. The number of fused-ring (bicyclic) bond motifs is 3. The van der Waals surface area contributed by atoms with E-state index in [0.29, 0.717) is 5.92 Å². The lowest BCUT2D eigenvalue weighted by Gasteiger charge is -2.38. The van der Waals surface area contributed by atoms with E-state index >= 15 is 0 Å². The number of aromatic amines is 1. The molecule has 3 nitrogen and oxygen atoms in total. The average Bonchev–Trinajstić information content (AvgIpc) is 2.99. The van der Waals surface area contributed by atoms with Crippen molar-refractivity contribution in [2.75, 3.05) is 6.54 Å². The lowest BCUT2D eigenvalue weighted by molar-refractivity contribution is 0.0598. The van der Waals surface area contributed by atoms with Gasteiger partial charge >= 0.3 is 0 Å². The lowest BCUT2D eigenvalue weighted by atomic mass is 9.89. The number of para-hydroxylation sites is 1. The molecule has 2 aromatic carbocycles. The Labute approximate surface area is 148 Å². The maximum Gasteiger partial charge on any atom is 0.254 e. The Morgan fingerprint density at radius 2 is 1.84 bits per heavy atom. The zero-order chi connectivity index (χ0) is 17.6. The minimum atomic E-state index is 0.0863. The zero-order valence-corrected chi connectivity index (χ0v) is 15.0. The van der Waals surface area contributed by atoms with E-state index < -0.39 is 0 Å². The molecular formula is C22H24N2O. The van der Waals surface area contributed by atoms with E-state index in [4.69, 9.17) is 0 Å². The maximum atomic E-state index is 13.3. The minimum absolute atomic E-state index is 0.0863. The fraction of sp³-hybridized carbons (Fsp3) is 0.318. The van der Waals surface area contributed by atoms with Crippen molar-refractivity contribution >= 4 is 16.8 Å². The van der Waals surface area contributed by atoms with Gasteiger partial charge in [-0.3, -0.25) is 4.79 Å². The summed E-state index contributed by atoms with van der Waals surface area (Å²) in [5.74, 6) is 0.487. The van der Waals surface area contributed by atoms with Gasteiger partial charge in [0.25, 0.3) is 5.91 Å². The van der Waals surface area contributed by atoms with Gasteiger partial charge in [0.05, 0.1) is 6.04 Å². The van der Waals surface area contributed by atoms with Gasteiger partial charge in [0.2, 0.25) is 0 Å². The van der Waals surface area contributed by atoms with Crippen LogP contribution in [0.3, 0.4) is 0 Å². The molecule has 1 N–H and O–H groups in total. The number of hydrogen-bond donors (Lipinski definition) is 1. The van der Waals surface area contributed by atoms with Gasteiger partial charge in [-0.2, -0.15) is 0 Å². The van der Waals surface area contributed by atoms with Crippen LogP contribution in [0.15, 0.2) is 48.5 Å². The molecule has 25 heavy (non-hydrogen) atoms. The summed E-state index contributed by atoms with van der Waals surface area (Å²) in [4.78, 5) is 18.9. The third kappa shape index (κ3) is 2.55. The molecule has 0 spiro atoms. The molecule has 2 heterocycles. The van der Waals surface area contributed by atoms with Crippen molar-refractivity contribution in [2.45, 2.75) is 33.2 Å². The van der Waals surface area contributed by atoms with Crippen molar-refractivity contribution in [3.05, 3.63) is 70.9 Å². The van der Waals surface area contributed by atoms with Crippen LogP contribution < -0.4 is 0 Å². The van der Waals surface area contributed by atoms with Crippen LogP contribution in [0.5, 0.6) is 0 Å². The summed E-state index contributed by atoms with van der Waals surface area (Å²) in [6, 6.07) is 16.4. The molecule has 0 bridgehead atoms. The molecule has 1 aliphatic rings. The summed E-state index contributed by atoms with van der Waals surface area (Å²) in [6.45, 7) is 7.17. The summed E-state index contributed by atoms with van der Waals surface area (Å²) in [5.41, 5.74) is 5.61. The average molecular weight is 332 g/mol. The maximum absolute atomic E-state index is 13.3. The number of nitrogens with zero attached hydrogens (tertiary/aromatic N) is 1. The largest absolute Gasteiger partial charge is 0.356 e.